The summed E-state index contributed by atoms with van der Waals surface area (Å²) in [5.74, 6) is 0.533. The summed E-state index contributed by atoms with van der Waals surface area (Å²) in [6, 6.07) is 18.8. The van der Waals surface area contributed by atoms with Crippen LogP contribution >= 0.6 is 0 Å². The number of hydrogen-bond donors (Lipinski definition) is 1. The zero-order valence-electron chi connectivity index (χ0n) is 19.7. The average molecular weight is 472 g/mol. The molecule has 0 saturated heterocycles. The summed E-state index contributed by atoms with van der Waals surface area (Å²) in [7, 11) is 0. The first kappa shape index (κ1) is 25.0. The Hall–Kier alpha value is -4.64. The van der Waals surface area contributed by atoms with Gasteiger partial charge in [-0.15, -0.1) is 0 Å². The highest BCUT2D eigenvalue weighted by Gasteiger charge is 2.12. The van der Waals surface area contributed by atoms with E-state index in [0.29, 0.717) is 34.8 Å². The Balaban J connectivity index is 1.76. The maximum Gasteiger partial charge on any atom is 0.269 e. The van der Waals surface area contributed by atoms with Crippen LogP contribution in [-0.2, 0) is 4.79 Å². The molecule has 1 amide bonds. The third-order valence-corrected chi connectivity index (χ3v) is 5.11. The van der Waals surface area contributed by atoms with Crippen molar-refractivity contribution in [3.8, 4) is 17.6 Å². The number of aryl methyl sites for hydroxylation is 2. The molecule has 0 spiro atoms. The lowest BCUT2D eigenvalue weighted by molar-refractivity contribution is -0.384. The number of hydrogen-bond acceptors (Lipinski definition) is 6. The lowest BCUT2D eigenvalue weighted by Gasteiger charge is -2.14. The number of ether oxygens (including phenoxy) is 2. The molecule has 3 rings (SSSR count). The van der Waals surface area contributed by atoms with Crippen molar-refractivity contribution in [3.63, 3.8) is 0 Å². The molecular formula is C27H25N3O5. The fourth-order valence-corrected chi connectivity index (χ4v) is 3.31. The molecule has 3 aromatic carbocycles. The molecule has 0 atom stereocenters. The predicted molar refractivity (Wildman–Crippen MR) is 134 cm³/mol. The molecule has 0 unspecified atom stereocenters. The summed E-state index contributed by atoms with van der Waals surface area (Å²) in [5, 5.41) is 23.3. The molecule has 8 heteroatoms. The molecule has 0 bridgehead atoms. The molecule has 178 valence electrons. The van der Waals surface area contributed by atoms with Crippen molar-refractivity contribution < 1.29 is 19.2 Å². The maximum absolute atomic E-state index is 12.4. The van der Waals surface area contributed by atoms with Crippen LogP contribution in [0.1, 0.15) is 29.2 Å². The average Bonchev–Trinajstić information content (AvgIpc) is 2.84. The molecule has 0 saturated carbocycles. The number of benzene rings is 3. The normalized spacial score (nSPS) is 10.9. The van der Waals surface area contributed by atoms with E-state index in [9.17, 15) is 20.2 Å². The van der Waals surface area contributed by atoms with E-state index in [1.807, 2.05) is 39.0 Å². The van der Waals surface area contributed by atoms with Crippen molar-refractivity contribution in [2.45, 2.75) is 20.8 Å². The topological polar surface area (TPSA) is 114 Å². The van der Waals surface area contributed by atoms with E-state index in [4.69, 9.17) is 9.47 Å². The van der Waals surface area contributed by atoms with Gasteiger partial charge in [-0.2, -0.15) is 5.26 Å². The SMILES string of the molecule is CCOc1cc(/C=C(\C#N)c2ccc([N+](=O)[O-])cc2)ccc1OCC(=O)Nc1cc(C)ccc1C. The van der Waals surface area contributed by atoms with Crippen LogP contribution in [0.5, 0.6) is 11.5 Å². The van der Waals surface area contributed by atoms with Crippen molar-refractivity contribution >= 4 is 28.9 Å². The lowest BCUT2D eigenvalue weighted by Crippen LogP contribution is -2.21. The summed E-state index contributed by atoms with van der Waals surface area (Å²) in [5.41, 5.74) is 4.25. The van der Waals surface area contributed by atoms with Crippen LogP contribution in [-0.4, -0.2) is 24.0 Å². The number of non-ortho nitro benzene ring substituents is 1. The number of anilines is 1. The standard InChI is InChI=1S/C27H25N3O5/c1-4-34-26-15-20(14-22(16-28)21-8-10-23(11-9-21)30(32)33)7-12-25(26)35-17-27(31)29-24-13-18(2)5-6-19(24)3/h5-15H,4,17H2,1-3H3,(H,29,31)/b22-14+. The minimum atomic E-state index is -0.491. The predicted octanol–water partition coefficient (Wildman–Crippen LogP) is 5.69. The van der Waals surface area contributed by atoms with E-state index in [0.717, 1.165) is 16.8 Å². The molecule has 0 aliphatic rings. The van der Waals surface area contributed by atoms with Crippen LogP contribution in [0.4, 0.5) is 11.4 Å². The molecule has 0 aliphatic heterocycles. The zero-order valence-corrected chi connectivity index (χ0v) is 19.7. The number of allylic oxidation sites excluding steroid dienone is 1. The van der Waals surface area contributed by atoms with E-state index in [1.165, 1.54) is 24.3 Å². The number of amides is 1. The van der Waals surface area contributed by atoms with Crippen molar-refractivity contribution in [1.29, 1.82) is 5.26 Å². The maximum atomic E-state index is 12.4. The Morgan fingerprint density at radius 2 is 1.80 bits per heavy atom. The van der Waals surface area contributed by atoms with Crippen molar-refractivity contribution in [2.75, 3.05) is 18.5 Å². The van der Waals surface area contributed by atoms with Crippen molar-refractivity contribution in [2.24, 2.45) is 0 Å². The quantitative estimate of drug-likeness (QED) is 0.185. The minimum absolute atomic E-state index is 0.0484. The van der Waals surface area contributed by atoms with Crippen LogP contribution in [0.25, 0.3) is 11.6 Å². The molecule has 0 radical (unpaired) electrons. The Labute approximate surface area is 203 Å². The minimum Gasteiger partial charge on any atom is -0.490 e. The van der Waals surface area contributed by atoms with E-state index < -0.39 is 4.92 Å². The Bertz CT molecular complexity index is 1310. The smallest absolute Gasteiger partial charge is 0.269 e. The monoisotopic (exact) mass is 471 g/mol. The van der Waals surface area contributed by atoms with Gasteiger partial charge in [0.1, 0.15) is 0 Å². The third kappa shape index (κ3) is 6.68. The van der Waals surface area contributed by atoms with E-state index >= 15 is 0 Å². The largest absolute Gasteiger partial charge is 0.490 e. The second-order valence-corrected chi connectivity index (χ2v) is 7.77. The summed E-state index contributed by atoms with van der Waals surface area (Å²) in [4.78, 5) is 22.8. The molecule has 0 fully saturated rings. The van der Waals surface area contributed by atoms with E-state index in [2.05, 4.69) is 11.4 Å². The highest BCUT2D eigenvalue weighted by Crippen LogP contribution is 2.30. The van der Waals surface area contributed by atoms with Gasteiger partial charge in [0.2, 0.25) is 0 Å². The Morgan fingerprint density at radius 3 is 2.46 bits per heavy atom. The van der Waals surface area contributed by atoms with Crippen LogP contribution in [0.15, 0.2) is 60.7 Å². The second kappa shape index (κ2) is 11.5. The molecule has 1 N–H and O–H groups in total. The van der Waals surface area contributed by atoms with Gasteiger partial charge in [0.15, 0.2) is 18.1 Å². The first-order valence-electron chi connectivity index (χ1n) is 10.9. The number of nitrogens with zero attached hydrogens (tertiary/aromatic N) is 2. The van der Waals surface area contributed by atoms with Gasteiger partial charge >= 0.3 is 0 Å². The highest BCUT2D eigenvalue weighted by atomic mass is 16.6. The summed E-state index contributed by atoms with van der Waals surface area (Å²) in [6.07, 6.45) is 1.65. The van der Waals surface area contributed by atoms with Crippen molar-refractivity contribution in [3.05, 3.63) is 93.0 Å². The van der Waals surface area contributed by atoms with Crippen LogP contribution in [0, 0.1) is 35.3 Å². The lowest BCUT2D eigenvalue weighted by atomic mass is 10.0. The first-order chi connectivity index (χ1) is 16.8. The number of nitriles is 1. The fourth-order valence-electron chi connectivity index (χ4n) is 3.31. The van der Waals surface area contributed by atoms with Gasteiger partial charge in [-0.1, -0.05) is 18.2 Å². The van der Waals surface area contributed by atoms with Crippen molar-refractivity contribution in [1.82, 2.24) is 0 Å². The van der Waals surface area contributed by atoms with Crippen LogP contribution in [0.3, 0.4) is 0 Å². The number of carbonyl (C=O) groups is 1. The van der Waals surface area contributed by atoms with Gasteiger partial charge in [-0.25, -0.2) is 0 Å². The molecule has 0 heterocycles. The summed E-state index contributed by atoms with van der Waals surface area (Å²) in [6.45, 7) is 5.88. The van der Waals surface area contributed by atoms with Gasteiger partial charge in [0.25, 0.3) is 11.6 Å². The van der Waals surface area contributed by atoms with Gasteiger partial charge in [0.05, 0.1) is 23.2 Å². The van der Waals surface area contributed by atoms with Gasteiger partial charge in [-0.05, 0) is 79.4 Å². The zero-order chi connectivity index (χ0) is 25.4. The highest BCUT2D eigenvalue weighted by molar-refractivity contribution is 5.93. The summed E-state index contributed by atoms with van der Waals surface area (Å²) >= 11 is 0. The van der Waals surface area contributed by atoms with E-state index in [-0.39, 0.29) is 18.2 Å². The molecule has 0 aliphatic carbocycles. The number of nitrogens with one attached hydrogen (secondary N) is 1. The fraction of sp³-hybridized carbons (Fsp3) is 0.185. The molecule has 0 aromatic heterocycles. The van der Waals surface area contributed by atoms with Gasteiger partial charge in [-0.3, -0.25) is 14.9 Å². The van der Waals surface area contributed by atoms with Crippen LogP contribution < -0.4 is 14.8 Å². The molecule has 8 nitrogen and oxygen atoms in total. The summed E-state index contributed by atoms with van der Waals surface area (Å²) < 4.78 is 11.4. The first-order valence-corrected chi connectivity index (χ1v) is 10.9. The second-order valence-electron chi connectivity index (χ2n) is 7.77. The number of carbonyl (C=O) groups excluding carboxylic acids is 1. The Morgan fingerprint density at radius 1 is 1.06 bits per heavy atom. The third-order valence-electron chi connectivity index (χ3n) is 5.11. The number of nitro benzene ring substituents is 1. The van der Waals surface area contributed by atoms with Gasteiger partial charge in [0, 0.05) is 17.8 Å². The molecular weight excluding hydrogens is 446 g/mol. The van der Waals surface area contributed by atoms with Crippen LogP contribution in [0.2, 0.25) is 0 Å². The number of rotatable bonds is 9. The van der Waals surface area contributed by atoms with E-state index in [1.54, 1.807) is 24.3 Å². The van der Waals surface area contributed by atoms with Gasteiger partial charge < -0.3 is 14.8 Å². The number of nitro groups is 1. The molecule has 3 aromatic rings. The Kier molecular flexibility index (Phi) is 8.20. The molecule has 35 heavy (non-hydrogen) atoms.